The fourth-order valence-corrected chi connectivity index (χ4v) is 0.848. The van der Waals surface area contributed by atoms with Crippen LogP contribution >= 0.6 is 0 Å². The molecular weight excluding hydrogens is 123 g/mol. The second kappa shape index (κ2) is 2.61. The molecule has 0 fully saturated rings. The van der Waals surface area contributed by atoms with E-state index in [2.05, 4.69) is 6.07 Å². The molecule has 0 saturated heterocycles. The van der Waals surface area contributed by atoms with E-state index in [1.165, 1.54) is 0 Å². The van der Waals surface area contributed by atoms with Crippen molar-refractivity contribution in [1.82, 2.24) is 4.90 Å². The molecule has 2 nitrogen and oxygen atoms in total. The Labute approximate surface area is 61.8 Å². The lowest BCUT2D eigenvalue weighted by Crippen LogP contribution is -2.22. The van der Waals surface area contributed by atoms with E-state index in [9.17, 15) is 0 Å². The number of hydrogen-bond donors (Lipinski definition) is 0. The van der Waals surface area contributed by atoms with Gasteiger partial charge in [0.1, 0.15) is 19.6 Å². The van der Waals surface area contributed by atoms with Crippen molar-refractivity contribution in [3.63, 3.8) is 0 Å². The molecule has 0 saturated carbocycles. The van der Waals surface area contributed by atoms with Crippen molar-refractivity contribution >= 4 is 7.85 Å². The van der Waals surface area contributed by atoms with Crippen molar-refractivity contribution in [1.29, 1.82) is 5.26 Å². The van der Waals surface area contributed by atoms with Crippen LogP contribution < -0.4 is 0 Å². The second-order valence-electron chi connectivity index (χ2n) is 2.26. The summed E-state index contributed by atoms with van der Waals surface area (Å²) >= 11 is 0. The molecule has 1 rings (SSSR count). The number of nitriles is 1. The number of hydrogen-bond acceptors (Lipinski definition) is 2. The van der Waals surface area contributed by atoms with E-state index in [4.69, 9.17) is 13.1 Å². The summed E-state index contributed by atoms with van der Waals surface area (Å²) in [4.78, 5) is 1.81. The largest absolute Gasteiger partial charge is 0.363 e. The lowest BCUT2D eigenvalue weighted by Gasteiger charge is -2.21. The van der Waals surface area contributed by atoms with Gasteiger partial charge in [-0.15, -0.1) is 0 Å². The van der Waals surface area contributed by atoms with Crippen LogP contribution in [0.3, 0.4) is 0 Å². The summed E-state index contributed by atoms with van der Waals surface area (Å²) in [6, 6.07) is 2.06. The molecule has 0 aromatic rings. The van der Waals surface area contributed by atoms with Gasteiger partial charge >= 0.3 is 0 Å². The molecule has 1 aliphatic rings. The summed E-state index contributed by atoms with van der Waals surface area (Å²) in [6.07, 6.45) is 3.48. The molecule has 10 heavy (non-hydrogen) atoms. The maximum atomic E-state index is 8.52. The van der Waals surface area contributed by atoms with Crippen molar-refractivity contribution in [2.45, 2.75) is 0 Å². The predicted octanol–water partition coefficient (Wildman–Crippen LogP) is 0.392. The summed E-state index contributed by atoms with van der Waals surface area (Å²) in [6.45, 7) is 0.652. The van der Waals surface area contributed by atoms with Crippen molar-refractivity contribution < 1.29 is 0 Å². The third-order valence-corrected chi connectivity index (χ3v) is 1.40. The van der Waals surface area contributed by atoms with E-state index in [1.54, 1.807) is 12.2 Å². The Morgan fingerprint density at radius 2 is 2.40 bits per heavy atom. The Bertz CT molecular complexity index is 234. The van der Waals surface area contributed by atoms with E-state index in [-0.39, 0.29) is 0 Å². The van der Waals surface area contributed by atoms with E-state index in [1.807, 2.05) is 11.9 Å². The SMILES string of the molecule is [B]C1=CC=C(C#N)N(C)C1. The molecule has 1 heterocycles. The average Bonchev–Trinajstić information content (AvgIpc) is 1.88. The lowest BCUT2D eigenvalue weighted by atomic mass is 9.93. The van der Waals surface area contributed by atoms with Gasteiger partial charge in [-0.05, 0) is 6.08 Å². The van der Waals surface area contributed by atoms with E-state index in [0.29, 0.717) is 12.2 Å². The molecular formula is C7H7BN2. The molecule has 0 spiro atoms. The Morgan fingerprint density at radius 3 is 2.90 bits per heavy atom. The van der Waals surface area contributed by atoms with Gasteiger partial charge in [-0.2, -0.15) is 5.26 Å². The van der Waals surface area contributed by atoms with Gasteiger partial charge in [-0.3, -0.25) is 0 Å². The molecule has 0 bridgehead atoms. The highest BCUT2D eigenvalue weighted by Gasteiger charge is 2.06. The first-order valence-corrected chi connectivity index (χ1v) is 3.01. The molecule has 2 radical (unpaired) electrons. The van der Waals surface area contributed by atoms with Crippen LogP contribution in [0.2, 0.25) is 0 Å². The molecule has 0 amide bonds. The topological polar surface area (TPSA) is 27.0 Å². The zero-order valence-corrected chi connectivity index (χ0v) is 5.83. The van der Waals surface area contributed by atoms with E-state index in [0.717, 1.165) is 5.47 Å². The standard InChI is InChI=1S/C7H7BN2/c1-10-5-6(8)2-3-7(10)4-9/h2-3H,5H2,1H3. The molecule has 1 aliphatic heterocycles. The number of allylic oxidation sites excluding steroid dienone is 3. The van der Waals surface area contributed by atoms with Gasteiger partial charge in [0.25, 0.3) is 0 Å². The summed E-state index contributed by atoms with van der Waals surface area (Å²) < 4.78 is 0. The minimum atomic E-state index is 0.652. The third-order valence-electron chi connectivity index (χ3n) is 1.40. The zero-order chi connectivity index (χ0) is 7.56. The molecule has 0 unspecified atom stereocenters. The van der Waals surface area contributed by atoms with Gasteiger partial charge in [-0.1, -0.05) is 11.5 Å². The molecule has 0 aliphatic carbocycles. The lowest BCUT2D eigenvalue weighted by molar-refractivity contribution is 0.473. The highest BCUT2D eigenvalue weighted by atomic mass is 15.1. The zero-order valence-electron chi connectivity index (χ0n) is 5.83. The van der Waals surface area contributed by atoms with Gasteiger partial charge in [0, 0.05) is 13.6 Å². The second-order valence-corrected chi connectivity index (χ2v) is 2.26. The Hall–Kier alpha value is -1.17. The summed E-state index contributed by atoms with van der Waals surface area (Å²) in [5.74, 6) is 0. The quantitative estimate of drug-likeness (QED) is 0.443. The molecule has 3 heteroatoms. The molecule has 0 aromatic carbocycles. The Kier molecular flexibility index (Phi) is 1.82. The minimum Gasteiger partial charge on any atom is -0.363 e. The van der Waals surface area contributed by atoms with Crippen LogP contribution in [0.25, 0.3) is 0 Å². The fourth-order valence-electron chi connectivity index (χ4n) is 0.848. The van der Waals surface area contributed by atoms with Gasteiger partial charge < -0.3 is 4.90 Å². The fraction of sp³-hybridized carbons (Fsp3) is 0.286. The third kappa shape index (κ3) is 1.22. The molecule has 0 N–H and O–H groups in total. The average molecular weight is 130 g/mol. The number of rotatable bonds is 0. The summed E-state index contributed by atoms with van der Waals surface area (Å²) in [5, 5.41) is 8.52. The van der Waals surface area contributed by atoms with Crippen LogP contribution in [-0.4, -0.2) is 26.3 Å². The van der Waals surface area contributed by atoms with Gasteiger partial charge in [0.2, 0.25) is 0 Å². The van der Waals surface area contributed by atoms with Crippen molar-refractivity contribution in [3.05, 3.63) is 23.3 Å². The number of likely N-dealkylation sites (N-methyl/N-ethyl adjacent to an activating group) is 1. The van der Waals surface area contributed by atoms with Crippen molar-refractivity contribution in [2.75, 3.05) is 13.6 Å². The van der Waals surface area contributed by atoms with Gasteiger partial charge in [0.05, 0.1) is 0 Å². The van der Waals surface area contributed by atoms with Crippen molar-refractivity contribution in [2.24, 2.45) is 0 Å². The summed E-state index contributed by atoms with van der Waals surface area (Å²) in [5.41, 5.74) is 1.45. The van der Waals surface area contributed by atoms with Gasteiger partial charge in [0.15, 0.2) is 0 Å². The minimum absolute atomic E-state index is 0.652. The van der Waals surface area contributed by atoms with Crippen LogP contribution in [0.15, 0.2) is 23.3 Å². The van der Waals surface area contributed by atoms with Crippen molar-refractivity contribution in [3.8, 4) is 6.07 Å². The van der Waals surface area contributed by atoms with Crippen LogP contribution in [0, 0.1) is 11.3 Å². The highest BCUT2D eigenvalue weighted by Crippen LogP contribution is 2.08. The normalized spacial score (nSPS) is 17.4. The molecule has 0 atom stereocenters. The predicted molar refractivity (Wildman–Crippen MR) is 40.2 cm³/mol. The van der Waals surface area contributed by atoms with Gasteiger partial charge in [-0.25, -0.2) is 0 Å². The smallest absolute Gasteiger partial charge is 0.117 e. The first-order chi connectivity index (χ1) is 4.74. The number of nitrogens with zero attached hydrogens (tertiary/aromatic N) is 2. The highest BCUT2D eigenvalue weighted by molar-refractivity contribution is 6.22. The monoisotopic (exact) mass is 130 g/mol. The first kappa shape index (κ1) is 6.95. The first-order valence-electron chi connectivity index (χ1n) is 3.01. The molecule has 0 aromatic heterocycles. The molecule has 48 valence electrons. The summed E-state index contributed by atoms with van der Waals surface area (Å²) in [7, 11) is 7.35. The Morgan fingerprint density at radius 1 is 1.70 bits per heavy atom. The van der Waals surface area contributed by atoms with E-state index < -0.39 is 0 Å². The van der Waals surface area contributed by atoms with Crippen LogP contribution in [-0.2, 0) is 0 Å². The van der Waals surface area contributed by atoms with Crippen LogP contribution in [0.1, 0.15) is 0 Å². The van der Waals surface area contributed by atoms with Crippen LogP contribution in [0.4, 0.5) is 0 Å². The maximum absolute atomic E-state index is 8.52. The maximum Gasteiger partial charge on any atom is 0.117 e. The Balaban J connectivity index is 2.84. The van der Waals surface area contributed by atoms with Crippen LogP contribution in [0.5, 0.6) is 0 Å². The van der Waals surface area contributed by atoms with E-state index >= 15 is 0 Å².